The Morgan fingerprint density at radius 1 is 1.53 bits per heavy atom. The monoisotopic (exact) mass is 235 g/mol. The highest BCUT2D eigenvalue weighted by Crippen LogP contribution is 2.29. The molecule has 0 saturated heterocycles. The number of aromatic carboxylic acids is 1. The Bertz CT molecular complexity index is 388. The maximum atomic E-state index is 10.9. The molecule has 17 heavy (non-hydrogen) atoms. The molecule has 4 nitrogen and oxygen atoms in total. The number of carboxylic acids is 1. The fourth-order valence-corrected chi connectivity index (χ4v) is 1.96. The molecule has 0 bridgehead atoms. The zero-order chi connectivity index (χ0) is 12.1. The van der Waals surface area contributed by atoms with Crippen molar-refractivity contribution in [2.75, 3.05) is 6.61 Å². The van der Waals surface area contributed by atoms with Crippen molar-refractivity contribution in [2.45, 2.75) is 32.3 Å². The molecule has 4 heteroatoms. The van der Waals surface area contributed by atoms with E-state index in [9.17, 15) is 4.79 Å². The van der Waals surface area contributed by atoms with Crippen molar-refractivity contribution in [3.8, 4) is 0 Å². The van der Waals surface area contributed by atoms with E-state index in [4.69, 9.17) is 9.84 Å². The summed E-state index contributed by atoms with van der Waals surface area (Å²) >= 11 is 0. The molecular weight excluding hydrogens is 218 g/mol. The average Bonchev–Trinajstić information content (AvgIpc) is 2.26. The van der Waals surface area contributed by atoms with Gasteiger partial charge < -0.3 is 9.84 Å². The van der Waals surface area contributed by atoms with Gasteiger partial charge in [-0.2, -0.15) is 0 Å². The minimum absolute atomic E-state index is 0.0937. The summed E-state index contributed by atoms with van der Waals surface area (Å²) in [5.74, 6) is -0.175. The predicted molar refractivity (Wildman–Crippen MR) is 62.8 cm³/mol. The first kappa shape index (κ1) is 12.0. The topological polar surface area (TPSA) is 59.4 Å². The summed E-state index contributed by atoms with van der Waals surface area (Å²) < 4.78 is 5.51. The number of hydrogen-bond donors (Lipinski definition) is 1. The van der Waals surface area contributed by atoms with Crippen molar-refractivity contribution < 1.29 is 14.6 Å². The Morgan fingerprint density at radius 3 is 3.00 bits per heavy atom. The zero-order valence-corrected chi connectivity index (χ0v) is 9.76. The van der Waals surface area contributed by atoms with Crippen LogP contribution in [-0.2, 0) is 11.3 Å². The van der Waals surface area contributed by atoms with Gasteiger partial charge in [0.2, 0.25) is 0 Å². The third kappa shape index (κ3) is 3.27. The molecule has 1 heterocycles. The van der Waals surface area contributed by atoms with Gasteiger partial charge in [0, 0.05) is 18.4 Å². The van der Waals surface area contributed by atoms with Gasteiger partial charge in [0.05, 0.1) is 6.61 Å². The molecule has 1 aliphatic carbocycles. The lowest BCUT2D eigenvalue weighted by atomic mass is 9.83. The molecule has 2 rings (SSSR count). The number of rotatable bonds is 6. The van der Waals surface area contributed by atoms with Crippen LogP contribution in [-0.4, -0.2) is 22.7 Å². The van der Waals surface area contributed by atoms with Crippen molar-refractivity contribution in [1.82, 2.24) is 4.98 Å². The largest absolute Gasteiger partial charge is 0.477 e. The second kappa shape index (κ2) is 5.77. The minimum Gasteiger partial charge on any atom is -0.477 e. The lowest BCUT2D eigenvalue weighted by Gasteiger charge is -2.24. The van der Waals surface area contributed by atoms with E-state index in [2.05, 4.69) is 4.98 Å². The highest BCUT2D eigenvalue weighted by atomic mass is 16.5. The van der Waals surface area contributed by atoms with E-state index < -0.39 is 5.97 Å². The molecule has 0 unspecified atom stereocenters. The Hall–Kier alpha value is -1.42. The molecule has 1 aromatic rings. The molecule has 1 saturated carbocycles. The van der Waals surface area contributed by atoms with Gasteiger partial charge in [-0.05, 0) is 18.4 Å². The van der Waals surface area contributed by atoms with E-state index in [0.717, 1.165) is 12.3 Å². The number of ether oxygens (including phenoxy) is 1. The number of pyridine rings is 1. The van der Waals surface area contributed by atoms with Gasteiger partial charge in [0.15, 0.2) is 5.69 Å². The van der Waals surface area contributed by atoms with E-state index in [1.165, 1.54) is 25.5 Å². The zero-order valence-electron chi connectivity index (χ0n) is 9.76. The van der Waals surface area contributed by atoms with Crippen LogP contribution < -0.4 is 0 Å². The third-order valence-electron chi connectivity index (χ3n) is 3.25. The van der Waals surface area contributed by atoms with E-state index in [-0.39, 0.29) is 5.69 Å². The molecule has 0 atom stereocenters. The number of aromatic nitrogens is 1. The smallest absolute Gasteiger partial charge is 0.354 e. The van der Waals surface area contributed by atoms with E-state index in [1.54, 1.807) is 12.1 Å². The van der Waals surface area contributed by atoms with Gasteiger partial charge in [0.25, 0.3) is 0 Å². The molecule has 0 aliphatic heterocycles. The van der Waals surface area contributed by atoms with Crippen LogP contribution in [0.3, 0.4) is 0 Å². The number of carboxylic acid groups (broad SMARTS) is 1. The van der Waals surface area contributed by atoms with Crippen molar-refractivity contribution in [2.24, 2.45) is 5.92 Å². The van der Waals surface area contributed by atoms with Gasteiger partial charge in [-0.15, -0.1) is 0 Å². The first-order valence-corrected chi connectivity index (χ1v) is 6.02. The van der Waals surface area contributed by atoms with Crippen LogP contribution >= 0.6 is 0 Å². The van der Waals surface area contributed by atoms with Gasteiger partial charge in [-0.1, -0.05) is 25.3 Å². The summed E-state index contributed by atoms with van der Waals surface area (Å²) in [5, 5.41) is 8.94. The summed E-state index contributed by atoms with van der Waals surface area (Å²) in [4.78, 5) is 14.7. The molecule has 0 amide bonds. The summed E-state index contributed by atoms with van der Waals surface area (Å²) in [6.07, 6.45) is 6.55. The summed E-state index contributed by atoms with van der Waals surface area (Å²) in [6, 6.07) is 3.48. The molecule has 0 radical (unpaired) electrons. The molecule has 1 aliphatic rings. The number of nitrogens with zero attached hydrogens (tertiary/aromatic N) is 1. The van der Waals surface area contributed by atoms with Crippen molar-refractivity contribution >= 4 is 5.97 Å². The first-order valence-electron chi connectivity index (χ1n) is 6.02. The Morgan fingerprint density at radius 2 is 2.35 bits per heavy atom. The van der Waals surface area contributed by atoms with E-state index in [1.807, 2.05) is 0 Å². The maximum Gasteiger partial charge on any atom is 0.354 e. The normalized spacial score (nSPS) is 15.5. The fraction of sp³-hybridized carbons (Fsp3) is 0.538. The van der Waals surface area contributed by atoms with Crippen LogP contribution in [0.2, 0.25) is 0 Å². The van der Waals surface area contributed by atoms with Gasteiger partial charge >= 0.3 is 5.97 Å². The Balaban J connectivity index is 1.79. The van der Waals surface area contributed by atoms with E-state index >= 15 is 0 Å². The molecule has 1 fully saturated rings. The number of carbonyl (C=O) groups is 1. The van der Waals surface area contributed by atoms with Crippen molar-refractivity contribution in [3.05, 3.63) is 29.6 Å². The second-order valence-corrected chi connectivity index (χ2v) is 4.45. The quantitative estimate of drug-likeness (QED) is 0.769. The predicted octanol–water partition coefficient (Wildman–Crippen LogP) is 2.49. The first-order chi connectivity index (χ1) is 8.27. The second-order valence-electron chi connectivity index (χ2n) is 4.45. The fourth-order valence-electron chi connectivity index (χ4n) is 1.96. The lowest BCUT2D eigenvalue weighted by molar-refractivity contribution is 0.0673. The molecule has 92 valence electrons. The number of hydrogen-bond acceptors (Lipinski definition) is 3. The Kier molecular flexibility index (Phi) is 4.09. The van der Waals surface area contributed by atoms with Crippen LogP contribution in [0, 0.1) is 5.92 Å². The average molecular weight is 235 g/mol. The molecule has 0 spiro atoms. The van der Waals surface area contributed by atoms with Gasteiger partial charge in [-0.3, -0.25) is 0 Å². The summed E-state index contributed by atoms with van der Waals surface area (Å²) in [5.41, 5.74) is 0.741. The lowest BCUT2D eigenvalue weighted by Crippen LogP contribution is -2.14. The SMILES string of the molecule is O=C(O)c1ncccc1COCCC1CCC1. The minimum atomic E-state index is -0.997. The van der Waals surface area contributed by atoms with Crippen LogP contribution in [0.4, 0.5) is 0 Å². The van der Waals surface area contributed by atoms with Gasteiger partial charge in [-0.25, -0.2) is 9.78 Å². The Labute approximate surface area is 101 Å². The van der Waals surface area contributed by atoms with Crippen LogP contribution in [0.25, 0.3) is 0 Å². The molecule has 1 aromatic heterocycles. The maximum absolute atomic E-state index is 10.9. The van der Waals surface area contributed by atoms with Gasteiger partial charge in [0.1, 0.15) is 0 Å². The molecule has 1 N–H and O–H groups in total. The van der Waals surface area contributed by atoms with Crippen LogP contribution in [0.15, 0.2) is 18.3 Å². The van der Waals surface area contributed by atoms with Crippen LogP contribution in [0.1, 0.15) is 41.7 Å². The standard InChI is InChI=1S/C13H17NO3/c15-13(16)12-11(5-2-7-14-12)9-17-8-6-10-3-1-4-10/h2,5,7,10H,1,3-4,6,8-9H2,(H,15,16). The summed E-state index contributed by atoms with van der Waals surface area (Å²) in [6.45, 7) is 1.04. The highest BCUT2D eigenvalue weighted by molar-refractivity contribution is 5.86. The summed E-state index contributed by atoms with van der Waals surface area (Å²) in [7, 11) is 0. The molecular formula is C13H17NO3. The van der Waals surface area contributed by atoms with Crippen molar-refractivity contribution in [3.63, 3.8) is 0 Å². The highest BCUT2D eigenvalue weighted by Gasteiger charge is 2.17. The third-order valence-corrected chi connectivity index (χ3v) is 3.25. The van der Waals surface area contributed by atoms with E-state index in [0.29, 0.717) is 18.8 Å². The van der Waals surface area contributed by atoms with Crippen molar-refractivity contribution in [1.29, 1.82) is 0 Å². The molecule has 0 aromatic carbocycles. The van der Waals surface area contributed by atoms with Crippen LogP contribution in [0.5, 0.6) is 0 Å².